The van der Waals surface area contributed by atoms with Gasteiger partial charge in [-0.2, -0.15) is 0 Å². The van der Waals surface area contributed by atoms with Gasteiger partial charge in [0.1, 0.15) is 18.2 Å². The Morgan fingerprint density at radius 2 is 1.65 bits per heavy atom. The first-order chi connectivity index (χ1) is 15.0. The Kier molecular flexibility index (Phi) is 6.12. The van der Waals surface area contributed by atoms with E-state index < -0.39 is 17.7 Å². The van der Waals surface area contributed by atoms with E-state index in [1.165, 1.54) is 17.2 Å². The van der Waals surface area contributed by atoms with Gasteiger partial charge < -0.3 is 10.1 Å². The fourth-order valence-corrected chi connectivity index (χ4v) is 3.92. The lowest BCUT2D eigenvalue weighted by atomic mass is 9.98. The number of hydrogen-bond donors (Lipinski definition) is 1. The Hall–Kier alpha value is -3.47. The summed E-state index contributed by atoms with van der Waals surface area (Å²) in [6, 6.07) is 18.7. The van der Waals surface area contributed by atoms with Gasteiger partial charge in [0, 0.05) is 24.1 Å². The van der Waals surface area contributed by atoms with E-state index in [1.54, 1.807) is 19.1 Å². The third-order valence-electron chi connectivity index (χ3n) is 5.50. The molecule has 0 saturated heterocycles. The number of rotatable bonds is 6. The molecule has 1 N–H and O–H groups in total. The number of alkyl carbamates (subject to hydrolysis) is 1. The summed E-state index contributed by atoms with van der Waals surface area (Å²) in [5, 5.41) is 2.71. The summed E-state index contributed by atoms with van der Waals surface area (Å²) in [6.07, 6.45) is 3.33. The van der Waals surface area contributed by atoms with E-state index >= 15 is 0 Å². The van der Waals surface area contributed by atoms with Crippen molar-refractivity contribution in [1.82, 2.24) is 5.32 Å². The van der Waals surface area contributed by atoms with Crippen molar-refractivity contribution in [3.63, 3.8) is 0 Å². The maximum atomic E-state index is 13.7. The molecular weight excluding hydrogens is 396 g/mol. The van der Waals surface area contributed by atoms with Crippen LogP contribution in [0.4, 0.5) is 13.6 Å². The highest BCUT2D eigenvalue weighted by molar-refractivity contribution is 5.79. The largest absolute Gasteiger partial charge is 0.449 e. The molecule has 0 unspecified atom stereocenters. The van der Waals surface area contributed by atoms with E-state index in [2.05, 4.69) is 29.6 Å². The molecule has 0 atom stereocenters. The van der Waals surface area contributed by atoms with Gasteiger partial charge in [0.05, 0.1) is 0 Å². The molecule has 3 nitrogen and oxygen atoms in total. The molecule has 0 saturated carbocycles. The van der Waals surface area contributed by atoms with E-state index in [0.717, 1.165) is 17.2 Å². The van der Waals surface area contributed by atoms with Crippen molar-refractivity contribution in [2.24, 2.45) is 0 Å². The van der Waals surface area contributed by atoms with Crippen LogP contribution in [0.15, 0.2) is 66.7 Å². The standard InChI is InChI=1S/C26H23F2NO2/c1-17-14-18(25(28)15-24(17)27)8-6-7-13-29-26(30)31-16-23-21-11-4-2-9-19(21)20-10-3-5-12-22(20)23/h2-6,8-12,14-15,23H,7,13,16H2,1H3,(H,29,30). The van der Waals surface area contributed by atoms with Crippen LogP contribution in [0, 0.1) is 18.6 Å². The van der Waals surface area contributed by atoms with Gasteiger partial charge in [0.2, 0.25) is 0 Å². The molecule has 1 aliphatic rings. The molecule has 0 spiro atoms. The zero-order valence-corrected chi connectivity index (χ0v) is 17.2. The number of halogens is 2. The van der Waals surface area contributed by atoms with Crippen LogP contribution in [0.5, 0.6) is 0 Å². The number of carbonyl (C=O) groups excluding carboxylic acids is 1. The van der Waals surface area contributed by atoms with Crippen LogP contribution in [0.2, 0.25) is 0 Å². The monoisotopic (exact) mass is 419 g/mol. The predicted octanol–water partition coefficient (Wildman–Crippen LogP) is 6.22. The lowest BCUT2D eigenvalue weighted by Gasteiger charge is -2.14. The van der Waals surface area contributed by atoms with E-state index in [1.807, 2.05) is 24.3 Å². The summed E-state index contributed by atoms with van der Waals surface area (Å²) in [7, 11) is 0. The molecule has 3 aromatic carbocycles. The Balaban J connectivity index is 1.28. The second kappa shape index (κ2) is 9.13. The minimum absolute atomic E-state index is 0.0164. The predicted molar refractivity (Wildman–Crippen MR) is 118 cm³/mol. The zero-order chi connectivity index (χ0) is 21.8. The van der Waals surface area contributed by atoms with Crippen molar-refractivity contribution in [1.29, 1.82) is 0 Å². The highest BCUT2D eigenvalue weighted by Gasteiger charge is 2.28. The number of hydrogen-bond acceptors (Lipinski definition) is 2. The highest BCUT2D eigenvalue weighted by Crippen LogP contribution is 2.44. The molecule has 0 radical (unpaired) electrons. The molecule has 5 heteroatoms. The molecule has 0 fully saturated rings. The second-order valence-corrected chi connectivity index (χ2v) is 7.57. The number of amides is 1. The maximum absolute atomic E-state index is 13.7. The molecule has 158 valence electrons. The number of aryl methyl sites for hydroxylation is 1. The molecule has 1 amide bonds. The van der Waals surface area contributed by atoms with Crippen LogP contribution in [0.25, 0.3) is 17.2 Å². The Morgan fingerprint density at radius 1 is 1.00 bits per heavy atom. The van der Waals surface area contributed by atoms with Crippen LogP contribution in [0.1, 0.15) is 34.6 Å². The van der Waals surface area contributed by atoms with Crippen molar-refractivity contribution in [2.45, 2.75) is 19.3 Å². The van der Waals surface area contributed by atoms with Crippen molar-refractivity contribution in [2.75, 3.05) is 13.2 Å². The van der Waals surface area contributed by atoms with Gasteiger partial charge in [-0.15, -0.1) is 0 Å². The van der Waals surface area contributed by atoms with Crippen molar-refractivity contribution >= 4 is 12.2 Å². The van der Waals surface area contributed by atoms with Gasteiger partial charge in [-0.1, -0.05) is 60.7 Å². The van der Waals surface area contributed by atoms with Gasteiger partial charge in [-0.3, -0.25) is 0 Å². The van der Waals surface area contributed by atoms with E-state index in [-0.39, 0.29) is 12.5 Å². The van der Waals surface area contributed by atoms with Crippen molar-refractivity contribution in [3.8, 4) is 11.1 Å². The molecule has 4 rings (SSSR count). The fourth-order valence-electron chi connectivity index (χ4n) is 3.92. The molecule has 0 aliphatic heterocycles. The lowest BCUT2D eigenvalue weighted by molar-refractivity contribution is 0.143. The number of fused-ring (bicyclic) bond motifs is 3. The molecule has 31 heavy (non-hydrogen) atoms. The zero-order valence-electron chi connectivity index (χ0n) is 17.2. The maximum Gasteiger partial charge on any atom is 0.407 e. The molecule has 3 aromatic rings. The summed E-state index contributed by atoms with van der Waals surface area (Å²) in [5.74, 6) is -1.15. The van der Waals surface area contributed by atoms with Crippen LogP contribution >= 0.6 is 0 Å². The average Bonchev–Trinajstić information content (AvgIpc) is 3.09. The van der Waals surface area contributed by atoms with Gasteiger partial charge >= 0.3 is 6.09 Å². The third kappa shape index (κ3) is 4.50. The van der Waals surface area contributed by atoms with Gasteiger partial charge in [-0.25, -0.2) is 13.6 Å². The first-order valence-electron chi connectivity index (χ1n) is 10.3. The molecular formula is C26H23F2NO2. The first-order valence-corrected chi connectivity index (χ1v) is 10.3. The van der Waals surface area contributed by atoms with Crippen molar-refractivity contribution < 1.29 is 18.3 Å². The summed E-state index contributed by atoms with van der Waals surface area (Å²) >= 11 is 0. The molecule has 1 aliphatic carbocycles. The Labute approximate surface area is 180 Å². The summed E-state index contributed by atoms with van der Waals surface area (Å²) in [4.78, 5) is 12.1. The number of nitrogens with one attached hydrogen (secondary N) is 1. The number of carbonyl (C=O) groups is 1. The number of benzene rings is 3. The van der Waals surface area contributed by atoms with Crippen LogP contribution < -0.4 is 5.32 Å². The smallest absolute Gasteiger partial charge is 0.407 e. The van der Waals surface area contributed by atoms with E-state index in [0.29, 0.717) is 24.1 Å². The van der Waals surface area contributed by atoms with Gasteiger partial charge in [0.15, 0.2) is 0 Å². The first kappa shape index (κ1) is 20.8. The highest BCUT2D eigenvalue weighted by atomic mass is 19.1. The minimum atomic E-state index is -0.608. The topological polar surface area (TPSA) is 38.3 Å². The van der Waals surface area contributed by atoms with Crippen LogP contribution in [-0.2, 0) is 4.74 Å². The summed E-state index contributed by atoms with van der Waals surface area (Å²) in [6.45, 7) is 2.20. The molecule has 0 aromatic heterocycles. The minimum Gasteiger partial charge on any atom is -0.449 e. The Bertz CT molecular complexity index is 1090. The summed E-state index contributed by atoms with van der Waals surface area (Å²) < 4.78 is 32.5. The summed E-state index contributed by atoms with van der Waals surface area (Å²) in [5.41, 5.74) is 5.39. The molecule has 0 bridgehead atoms. The fraction of sp³-hybridized carbons (Fsp3) is 0.192. The normalized spacial score (nSPS) is 12.6. The second-order valence-electron chi connectivity index (χ2n) is 7.57. The van der Waals surface area contributed by atoms with Crippen molar-refractivity contribution in [3.05, 3.63) is 101 Å². The van der Waals surface area contributed by atoms with E-state index in [9.17, 15) is 13.6 Å². The Morgan fingerprint density at radius 3 is 2.32 bits per heavy atom. The SMILES string of the molecule is Cc1cc(C=CCCNC(=O)OCC2c3ccccc3-c3ccccc32)c(F)cc1F. The van der Waals surface area contributed by atoms with Crippen LogP contribution in [-0.4, -0.2) is 19.2 Å². The molecule has 0 heterocycles. The van der Waals surface area contributed by atoms with Gasteiger partial charge in [0.25, 0.3) is 0 Å². The lowest BCUT2D eigenvalue weighted by Crippen LogP contribution is -2.26. The average molecular weight is 419 g/mol. The quantitative estimate of drug-likeness (QED) is 0.482. The third-order valence-corrected chi connectivity index (χ3v) is 5.50. The van der Waals surface area contributed by atoms with Gasteiger partial charge in [-0.05, 0) is 47.2 Å². The number of ether oxygens (including phenoxy) is 1. The van der Waals surface area contributed by atoms with E-state index in [4.69, 9.17) is 4.74 Å². The van der Waals surface area contributed by atoms with Crippen LogP contribution in [0.3, 0.4) is 0 Å².